The molecule has 0 atom stereocenters. The minimum Gasteiger partial charge on any atom is -0.481 e. The van der Waals surface area contributed by atoms with Crippen LogP contribution in [0.15, 0.2) is 18.2 Å². The first kappa shape index (κ1) is 12.2. The van der Waals surface area contributed by atoms with Gasteiger partial charge in [0.2, 0.25) is 0 Å². The number of rotatable bonds is 5. The van der Waals surface area contributed by atoms with Crippen LogP contribution in [0.4, 0.5) is 4.39 Å². The summed E-state index contributed by atoms with van der Waals surface area (Å²) in [5.41, 5.74) is 1.39. The van der Waals surface area contributed by atoms with Crippen molar-refractivity contribution in [3.8, 4) is 0 Å². The number of aryl methyl sites for hydroxylation is 2. The first-order valence-corrected chi connectivity index (χ1v) is 5.80. The normalized spacial score (nSPS) is 10.3. The molecule has 0 spiro atoms. The average molecular weight is 275 g/mol. The highest BCUT2D eigenvalue weighted by Crippen LogP contribution is 2.13. The zero-order valence-electron chi connectivity index (χ0n) is 8.17. The molecule has 0 aliphatic heterocycles. The number of hydrogen-bond acceptors (Lipinski definition) is 1. The van der Waals surface area contributed by atoms with Gasteiger partial charge >= 0.3 is 5.97 Å². The molecule has 0 radical (unpaired) electrons. The molecule has 0 saturated heterocycles. The van der Waals surface area contributed by atoms with E-state index in [1.165, 1.54) is 6.07 Å². The molecule has 0 aliphatic rings. The lowest BCUT2D eigenvalue weighted by molar-refractivity contribution is -0.136. The van der Waals surface area contributed by atoms with E-state index in [4.69, 9.17) is 5.11 Å². The van der Waals surface area contributed by atoms with Crippen molar-refractivity contribution >= 4 is 21.9 Å². The van der Waals surface area contributed by atoms with Crippen molar-refractivity contribution in [2.24, 2.45) is 0 Å². The van der Waals surface area contributed by atoms with Crippen LogP contribution in [-0.2, 0) is 17.6 Å². The highest BCUT2D eigenvalue weighted by molar-refractivity contribution is 9.09. The summed E-state index contributed by atoms with van der Waals surface area (Å²) in [5, 5.41) is 9.20. The van der Waals surface area contributed by atoms with Gasteiger partial charge in [0, 0.05) is 11.8 Å². The molecule has 0 aromatic heterocycles. The van der Waals surface area contributed by atoms with Gasteiger partial charge in [-0.25, -0.2) is 4.39 Å². The fraction of sp³-hybridized carbons (Fsp3) is 0.364. The smallest absolute Gasteiger partial charge is 0.303 e. The summed E-state index contributed by atoms with van der Waals surface area (Å²) in [6.07, 6.45) is 1.06. The summed E-state index contributed by atoms with van der Waals surface area (Å²) >= 11 is 3.24. The zero-order chi connectivity index (χ0) is 11.3. The van der Waals surface area contributed by atoms with Crippen molar-refractivity contribution in [2.45, 2.75) is 19.3 Å². The quantitative estimate of drug-likeness (QED) is 0.839. The van der Waals surface area contributed by atoms with E-state index in [-0.39, 0.29) is 12.2 Å². The summed E-state index contributed by atoms with van der Waals surface area (Å²) in [7, 11) is 0. The number of carbonyl (C=O) groups is 1. The number of alkyl halides is 1. The van der Waals surface area contributed by atoms with Gasteiger partial charge in [0.05, 0.1) is 0 Å². The Morgan fingerprint density at radius 3 is 2.67 bits per heavy atom. The maximum absolute atomic E-state index is 13.4. The van der Waals surface area contributed by atoms with E-state index in [9.17, 15) is 9.18 Å². The van der Waals surface area contributed by atoms with Crippen molar-refractivity contribution in [3.63, 3.8) is 0 Å². The van der Waals surface area contributed by atoms with Crippen LogP contribution in [0.1, 0.15) is 17.5 Å². The molecule has 0 saturated carbocycles. The molecule has 1 aromatic carbocycles. The van der Waals surface area contributed by atoms with Gasteiger partial charge in [-0.2, -0.15) is 0 Å². The van der Waals surface area contributed by atoms with Crippen LogP contribution in [0.3, 0.4) is 0 Å². The molecule has 0 bridgehead atoms. The molecule has 15 heavy (non-hydrogen) atoms. The van der Waals surface area contributed by atoms with Gasteiger partial charge in [0.25, 0.3) is 0 Å². The third-order valence-electron chi connectivity index (χ3n) is 2.11. The lowest BCUT2D eigenvalue weighted by atomic mass is 10.1. The summed E-state index contributed by atoms with van der Waals surface area (Å²) in [4.78, 5) is 10.3. The Balaban J connectivity index is 2.68. The van der Waals surface area contributed by atoms with Crippen LogP contribution < -0.4 is 0 Å². The maximum Gasteiger partial charge on any atom is 0.303 e. The molecule has 0 amide bonds. The molecule has 0 heterocycles. The molecule has 0 fully saturated rings. The minimum absolute atomic E-state index is 0.0389. The van der Waals surface area contributed by atoms with Crippen molar-refractivity contribution in [1.29, 1.82) is 0 Å². The standard InChI is InChI=1S/C11H12BrFO2/c12-6-5-9-3-1-8(7-10(9)13)2-4-11(14)15/h1,3,7H,2,4-6H2,(H,14,15). The van der Waals surface area contributed by atoms with Crippen molar-refractivity contribution < 1.29 is 14.3 Å². The van der Waals surface area contributed by atoms with E-state index < -0.39 is 5.97 Å². The van der Waals surface area contributed by atoms with Crippen LogP contribution in [-0.4, -0.2) is 16.4 Å². The van der Waals surface area contributed by atoms with Crippen LogP contribution >= 0.6 is 15.9 Å². The van der Waals surface area contributed by atoms with Gasteiger partial charge in [0.15, 0.2) is 0 Å². The molecular weight excluding hydrogens is 263 g/mol. The van der Waals surface area contributed by atoms with E-state index in [2.05, 4.69) is 15.9 Å². The van der Waals surface area contributed by atoms with E-state index in [1.54, 1.807) is 12.1 Å². The van der Waals surface area contributed by atoms with E-state index in [0.29, 0.717) is 18.4 Å². The topological polar surface area (TPSA) is 37.3 Å². The number of carboxylic acid groups (broad SMARTS) is 1. The number of halogens is 2. The molecule has 1 N–H and O–H groups in total. The summed E-state index contributed by atoms with van der Waals surface area (Å²) in [6, 6.07) is 4.92. The summed E-state index contributed by atoms with van der Waals surface area (Å²) in [6.45, 7) is 0. The van der Waals surface area contributed by atoms with E-state index in [0.717, 1.165) is 10.9 Å². The largest absolute Gasteiger partial charge is 0.481 e. The van der Waals surface area contributed by atoms with Crippen LogP contribution in [0.5, 0.6) is 0 Å². The number of aliphatic carboxylic acids is 1. The Morgan fingerprint density at radius 2 is 2.13 bits per heavy atom. The second-order valence-electron chi connectivity index (χ2n) is 3.26. The van der Waals surface area contributed by atoms with Crippen molar-refractivity contribution in [1.82, 2.24) is 0 Å². The number of hydrogen-bond donors (Lipinski definition) is 1. The predicted octanol–water partition coefficient (Wildman–Crippen LogP) is 2.78. The third kappa shape index (κ3) is 4.00. The predicted molar refractivity (Wildman–Crippen MR) is 59.9 cm³/mol. The second kappa shape index (κ2) is 5.85. The van der Waals surface area contributed by atoms with Crippen LogP contribution in [0.25, 0.3) is 0 Å². The fourth-order valence-electron chi connectivity index (χ4n) is 1.30. The van der Waals surface area contributed by atoms with Gasteiger partial charge < -0.3 is 5.11 Å². The summed E-state index contributed by atoms with van der Waals surface area (Å²) < 4.78 is 13.4. The first-order chi connectivity index (χ1) is 7.13. The molecule has 1 aromatic rings. The molecule has 4 heteroatoms. The lowest BCUT2D eigenvalue weighted by Gasteiger charge is -2.03. The maximum atomic E-state index is 13.4. The number of carboxylic acids is 1. The minimum atomic E-state index is -0.861. The van der Waals surface area contributed by atoms with Crippen LogP contribution in [0.2, 0.25) is 0 Å². The van der Waals surface area contributed by atoms with Crippen molar-refractivity contribution in [3.05, 3.63) is 35.1 Å². The molecule has 0 aliphatic carbocycles. The van der Waals surface area contributed by atoms with Crippen LogP contribution in [0, 0.1) is 5.82 Å². The zero-order valence-corrected chi connectivity index (χ0v) is 9.76. The Bertz CT molecular complexity index is 352. The Hall–Kier alpha value is -0.900. The van der Waals surface area contributed by atoms with Gasteiger partial charge in [0.1, 0.15) is 5.82 Å². The second-order valence-corrected chi connectivity index (χ2v) is 4.05. The highest BCUT2D eigenvalue weighted by atomic mass is 79.9. The Kier molecular flexibility index (Phi) is 4.75. The Morgan fingerprint density at radius 1 is 1.40 bits per heavy atom. The third-order valence-corrected chi connectivity index (χ3v) is 2.51. The fourth-order valence-corrected chi connectivity index (χ4v) is 1.73. The monoisotopic (exact) mass is 274 g/mol. The SMILES string of the molecule is O=C(O)CCc1ccc(CCBr)c(F)c1. The van der Waals surface area contributed by atoms with Gasteiger partial charge in [-0.05, 0) is 30.0 Å². The molecular formula is C11H12BrFO2. The van der Waals surface area contributed by atoms with Crippen molar-refractivity contribution in [2.75, 3.05) is 5.33 Å². The lowest BCUT2D eigenvalue weighted by Crippen LogP contribution is -1.99. The average Bonchev–Trinajstić information content (AvgIpc) is 2.19. The molecule has 1 rings (SSSR count). The first-order valence-electron chi connectivity index (χ1n) is 4.68. The Labute approximate surface area is 96.2 Å². The highest BCUT2D eigenvalue weighted by Gasteiger charge is 2.04. The van der Waals surface area contributed by atoms with Gasteiger partial charge in [-0.3, -0.25) is 4.79 Å². The number of benzene rings is 1. The van der Waals surface area contributed by atoms with Gasteiger partial charge in [-0.1, -0.05) is 28.1 Å². The van der Waals surface area contributed by atoms with E-state index >= 15 is 0 Å². The summed E-state index contributed by atoms with van der Waals surface area (Å²) in [5.74, 6) is -1.11. The van der Waals surface area contributed by atoms with E-state index in [1.807, 2.05) is 0 Å². The molecule has 2 nitrogen and oxygen atoms in total. The molecule has 82 valence electrons. The molecule has 0 unspecified atom stereocenters. The van der Waals surface area contributed by atoms with Gasteiger partial charge in [-0.15, -0.1) is 0 Å².